The van der Waals surface area contributed by atoms with Gasteiger partial charge in [-0.25, -0.2) is 4.79 Å². The maximum Gasteiger partial charge on any atom is 0.330 e. The normalized spacial score (nSPS) is 13.9. The minimum absolute atomic E-state index is 0.0417. The van der Waals surface area contributed by atoms with E-state index in [9.17, 15) is 19.5 Å². The Morgan fingerprint density at radius 3 is 2.61 bits per heavy atom. The zero-order chi connectivity index (χ0) is 20.1. The van der Waals surface area contributed by atoms with Crippen LogP contribution in [0.15, 0.2) is 48.5 Å². The molecule has 2 N–H and O–H groups in total. The topological polar surface area (TPSA) is 105 Å². The number of carboxylic acids is 1. The predicted molar refractivity (Wildman–Crippen MR) is 100 cm³/mol. The quantitative estimate of drug-likeness (QED) is 0.754. The van der Waals surface area contributed by atoms with E-state index in [1.165, 1.54) is 12.0 Å². The average Bonchev–Trinajstić information content (AvgIpc) is 2.71. The van der Waals surface area contributed by atoms with Gasteiger partial charge >= 0.3 is 5.97 Å². The Balaban J connectivity index is 1.65. The van der Waals surface area contributed by atoms with Crippen LogP contribution in [0.1, 0.15) is 18.0 Å². The standard InChI is InChI=1S/C20H20N2O6/c1-27-14-8-6-13(7-9-14)19(20(25)26)21-17(23)10-11-22-15-4-2-3-5-16(15)28-12-18(22)24/h2-9,19H,10-12H2,1H3,(H,21,23)(H,25,26). The number of amides is 2. The van der Waals surface area contributed by atoms with Crippen molar-refractivity contribution in [1.29, 1.82) is 0 Å². The molecule has 1 aliphatic rings. The summed E-state index contributed by atoms with van der Waals surface area (Å²) in [4.78, 5) is 37.6. The highest BCUT2D eigenvalue weighted by molar-refractivity contribution is 5.98. The highest BCUT2D eigenvalue weighted by Crippen LogP contribution is 2.31. The van der Waals surface area contributed by atoms with Crippen LogP contribution in [-0.2, 0) is 14.4 Å². The molecular formula is C20H20N2O6. The molecule has 2 aromatic rings. The van der Waals surface area contributed by atoms with Crippen molar-refractivity contribution in [3.05, 3.63) is 54.1 Å². The second-order valence-electron chi connectivity index (χ2n) is 6.16. The number of ether oxygens (including phenoxy) is 2. The largest absolute Gasteiger partial charge is 0.497 e. The zero-order valence-corrected chi connectivity index (χ0v) is 15.3. The summed E-state index contributed by atoms with van der Waals surface area (Å²) in [5, 5.41) is 12.0. The first-order valence-electron chi connectivity index (χ1n) is 8.68. The summed E-state index contributed by atoms with van der Waals surface area (Å²) in [6.45, 7) is 0.0300. The number of carbonyl (C=O) groups is 3. The van der Waals surface area contributed by atoms with Crippen LogP contribution in [0, 0.1) is 0 Å². The molecule has 0 saturated carbocycles. The van der Waals surface area contributed by atoms with Crippen LogP contribution in [0.4, 0.5) is 5.69 Å². The van der Waals surface area contributed by atoms with E-state index in [1.54, 1.807) is 48.5 Å². The summed E-state index contributed by atoms with van der Waals surface area (Å²) in [5.74, 6) is -0.740. The van der Waals surface area contributed by atoms with Gasteiger partial charge in [0.1, 0.15) is 11.5 Å². The summed E-state index contributed by atoms with van der Waals surface area (Å²) in [6, 6.07) is 12.3. The number of methoxy groups -OCH3 is 1. The number of benzene rings is 2. The first-order chi connectivity index (χ1) is 13.5. The van der Waals surface area contributed by atoms with Gasteiger partial charge in [-0.1, -0.05) is 24.3 Å². The lowest BCUT2D eigenvalue weighted by atomic mass is 10.1. The highest BCUT2D eigenvalue weighted by atomic mass is 16.5. The van der Waals surface area contributed by atoms with E-state index < -0.39 is 17.9 Å². The molecule has 0 fully saturated rings. The van der Waals surface area contributed by atoms with Crippen molar-refractivity contribution in [2.24, 2.45) is 0 Å². The lowest BCUT2D eigenvalue weighted by Gasteiger charge is -2.29. The Morgan fingerprint density at radius 2 is 1.93 bits per heavy atom. The van der Waals surface area contributed by atoms with E-state index in [1.807, 2.05) is 0 Å². The predicted octanol–water partition coefficient (Wildman–Crippen LogP) is 1.75. The van der Waals surface area contributed by atoms with Crippen LogP contribution in [0.25, 0.3) is 0 Å². The van der Waals surface area contributed by atoms with Crippen LogP contribution >= 0.6 is 0 Å². The fourth-order valence-corrected chi connectivity index (χ4v) is 2.93. The number of rotatable bonds is 7. The van der Waals surface area contributed by atoms with E-state index in [4.69, 9.17) is 9.47 Å². The van der Waals surface area contributed by atoms with Crippen molar-refractivity contribution in [3.8, 4) is 11.5 Å². The van der Waals surface area contributed by atoms with Gasteiger partial charge in [-0.2, -0.15) is 0 Å². The van der Waals surface area contributed by atoms with E-state index in [-0.39, 0.29) is 25.5 Å². The molecule has 0 radical (unpaired) electrons. The Bertz CT molecular complexity index is 881. The molecule has 146 valence electrons. The van der Waals surface area contributed by atoms with Gasteiger partial charge in [-0.05, 0) is 29.8 Å². The van der Waals surface area contributed by atoms with Crippen LogP contribution in [-0.4, -0.2) is 43.2 Å². The Hall–Kier alpha value is -3.55. The van der Waals surface area contributed by atoms with Crippen LogP contribution in [0.3, 0.4) is 0 Å². The molecule has 8 nitrogen and oxygen atoms in total. The lowest BCUT2D eigenvalue weighted by Crippen LogP contribution is -2.42. The maximum absolute atomic E-state index is 12.3. The molecule has 0 saturated heterocycles. The van der Waals surface area contributed by atoms with Gasteiger partial charge in [0.05, 0.1) is 12.8 Å². The Labute approximate surface area is 161 Å². The third-order valence-corrected chi connectivity index (χ3v) is 4.37. The number of hydrogen-bond acceptors (Lipinski definition) is 5. The molecule has 2 amide bonds. The van der Waals surface area contributed by atoms with Crippen LogP contribution in [0.5, 0.6) is 11.5 Å². The van der Waals surface area contributed by atoms with Crippen molar-refractivity contribution in [1.82, 2.24) is 5.32 Å². The summed E-state index contributed by atoms with van der Waals surface area (Å²) in [7, 11) is 1.51. The number of carboxylic acid groups (broad SMARTS) is 1. The van der Waals surface area contributed by atoms with Crippen molar-refractivity contribution in [2.45, 2.75) is 12.5 Å². The van der Waals surface area contributed by atoms with Gasteiger partial charge in [0.15, 0.2) is 12.6 Å². The van der Waals surface area contributed by atoms with Gasteiger partial charge < -0.3 is 24.8 Å². The summed E-state index contributed by atoms with van der Waals surface area (Å²) < 4.78 is 10.4. The van der Waals surface area contributed by atoms with E-state index in [0.29, 0.717) is 22.7 Å². The first kappa shape index (κ1) is 19.2. The molecule has 0 spiro atoms. The third-order valence-electron chi connectivity index (χ3n) is 4.37. The summed E-state index contributed by atoms with van der Waals surface area (Å²) >= 11 is 0. The zero-order valence-electron chi connectivity index (χ0n) is 15.3. The van der Waals surface area contributed by atoms with Crippen LogP contribution in [0.2, 0.25) is 0 Å². The summed E-state index contributed by atoms with van der Waals surface area (Å²) in [6.07, 6.45) is -0.0417. The maximum atomic E-state index is 12.3. The van der Waals surface area contributed by atoms with Gasteiger partial charge in [0.25, 0.3) is 5.91 Å². The number of aliphatic carboxylic acids is 1. The molecule has 1 aliphatic heterocycles. The Morgan fingerprint density at radius 1 is 1.21 bits per heavy atom. The van der Waals surface area contributed by atoms with Gasteiger partial charge in [0, 0.05) is 13.0 Å². The molecule has 0 bridgehead atoms. The molecule has 0 aromatic heterocycles. The van der Waals surface area contributed by atoms with Gasteiger partial charge in [-0.3, -0.25) is 9.59 Å². The average molecular weight is 384 g/mol. The second-order valence-corrected chi connectivity index (χ2v) is 6.16. The van der Waals surface area contributed by atoms with Crippen molar-refractivity contribution >= 4 is 23.5 Å². The number of anilines is 1. The third kappa shape index (κ3) is 4.22. The summed E-state index contributed by atoms with van der Waals surface area (Å²) in [5.41, 5.74) is 1.02. The fourth-order valence-electron chi connectivity index (χ4n) is 2.93. The lowest BCUT2D eigenvalue weighted by molar-refractivity contribution is -0.142. The molecule has 0 aliphatic carbocycles. The fraction of sp³-hybridized carbons (Fsp3) is 0.250. The number of nitrogens with one attached hydrogen (secondary N) is 1. The minimum Gasteiger partial charge on any atom is -0.497 e. The molecule has 1 heterocycles. The van der Waals surface area contributed by atoms with Crippen molar-refractivity contribution < 1.29 is 29.0 Å². The van der Waals surface area contributed by atoms with Crippen molar-refractivity contribution in [3.63, 3.8) is 0 Å². The smallest absolute Gasteiger partial charge is 0.330 e. The van der Waals surface area contributed by atoms with Crippen LogP contribution < -0.4 is 19.7 Å². The van der Waals surface area contributed by atoms with Gasteiger partial charge in [-0.15, -0.1) is 0 Å². The number of nitrogens with zero attached hydrogens (tertiary/aromatic N) is 1. The van der Waals surface area contributed by atoms with E-state index in [2.05, 4.69) is 5.32 Å². The number of carbonyl (C=O) groups excluding carboxylic acids is 2. The first-order valence-corrected chi connectivity index (χ1v) is 8.68. The number of para-hydroxylation sites is 2. The number of fused-ring (bicyclic) bond motifs is 1. The van der Waals surface area contributed by atoms with Crippen molar-refractivity contribution in [2.75, 3.05) is 25.2 Å². The Kier molecular flexibility index (Phi) is 5.78. The molecule has 1 atom stereocenters. The van der Waals surface area contributed by atoms with E-state index >= 15 is 0 Å². The second kappa shape index (κ2) is 8.43. The number of hydrogen-bond donors (Lipinski definition) is 2. The highest BCUT2D eigenvalue weighted by Gasteiger charge is 2.27. The molecule has 2 aromatic carbocycles. The van der Waals surface area contributed by atoms with E-state index in [0.717, 1.165) is 0 Å². The molecular weight excluding hydrogens is 364 g/mol. The molecule has 28 heavy (non-hydrogen) atoms. The minimum atomic E-state index is -1.19. The molecule has 1 unspecified atom stereocenters. The molecule has 8 heteroatoms. The van der Waals surface area contributed by atoms with Gasteiger partial charge in [0.2, 0.25) is 5.91 Å². The SMILES string of the molecule is COc1ccc(C(NC(=O)CCN2C(=O)COc3ccccc32)C(=O)O)cc1. The molecule has 3 rings (SSSR count). The monoisotopic (exact) mass is 384 g/mol.